The summed E-state index contributed by atoms with van der Waals surface area (Å²) in [6.45, 7) is 1.40. The average Bonchev–Trinajstić information content (AvgIpc) is 3.09. The number of methoxy groups -OCH3 is 3. The molecule has 0 bridgehead atoms. The first-order valence-corrected chi connectivity index (χ1v) is 16.8. The number of nitrogens with one attached hydrogen (secondary N) is 1. The van der Waals surface area contributed by atoms with Crippen LogP contribution in [0.4, 0.5) is 0 Å². The summed E-state index contributed by atoms with van der Waals surface area (Å²) < 4.78 is 22.4. The van der Waals surface area contributed by atoms with E-state index in [0.29, 0.717) is 56.3 Å². The number of amides is 1. The number of benzene rings is 3. The number of phenolic OH excluding ortho intramolecular Hbond substituents is 2. The monoisotopic (exact) mass is 689 g/mol. The maximum atomic E-state index is 13.7. The van der Waals surface area contributed by atoms with E-state index in [1.165, 1.54) is 27.4 Å². The summed E-state index contributed by atoms with van der Waals surface area (Å²) in [4.78, 5) is 39.7. The van der Waals surface area contributed by atoms with Crippen LogP contribution in [0.1, 0.15) is 90.4 Å². The number of ketones is 1. The molecule has 0 saturated heterocycles. The molecule has 1 unspecified atom stereocenters. The van der Waals surface area contributed by atoms with Crippen molar-refractivity contribution >= 4 is 23.7 Å². The van der Waals surface area contributed by atoms with Crippen LogP contribution in [0, 0.1) is 0 Å². The first kappa shape index (κ1) is 37.8. The van der Waals surface area contributed by atoms with Crippen LogP contribution >= 0.6 is 0 Å². The number of Topliss-reactive ketones (excluding diaryl/α,β-unsaturated/α-hetero) is 1. The molecule has 1 amide bonds. The molecule has 0 saturated carbocycles. The van der Waals surface area contributed by atoms with E-state index in [4.69, 9.17) is 18.9 Å². The second-order valence-electron chi connectivity index (χ2n) is 12.4. The summed E-state index contributed by atoms with van der Waals surface area (Å²) in [6, 6.07) is 13.4. The minimum absolute atomic E-state index is 0.0819. The number of aliphatic hydroxyl groups excluding tert-OH is 1. The van der Waals surface area contributed by atoms with Gasteiger partial charge in [-0.2, -0.15) is 0 Å². The number of carbonyl (C=O) groups is 3. The van der Waals surface area contributed by atoms with Crippen molar-refractivity contribution in [1.82, 2.24) is 5.32 Å². The number of ether oxygens (including phenoxy) is 4. The van der Waals surface area contributed by atoms with Gasteiger partial charge in [0.05, 0.1) is 40.1 Å². The smallest absolute Gasteiger partial charge is 0.342 e. The van der Waals surface area contributed by atoms with E-state index in [2.05, 4.69) is 5.32 Å². The van der Waals surface area contributed by atoms with Gasteiger partial charge in [-0.25, -0.2) is 4.79 Å². The predicted octanol–water partition coefficient (Wildman–Crippen LogP) is 5.85. The van der Waals surface area contributed by atoms with Gasteiger partial charge >= 0.3 is 5.97 Å². The Kier molecular flexibility index (Phi) is 13.7. The molecule has 1 aliphatic rings. The zero-order chi connectivity index (χ0) is 36.2. The molecule has 11 heteroatoms. The molecule has 0 radical (unpaired) electrons. The standard InChI is InChI=1S/C39H47NO10/c1-24-12-11-17-29(42)16-10-6-9-15-26-19-31(43)36(37(45)35(26)39(46)50-24)30(27-20-32(47-2)38(49-4)33(21-27)48-3)22-34(44)40-28(23-41)18-25-13-7-5-8-14-25/h5,7-9,13-15,19-21,24,28,30,41,43,45H,6,10-12,16-18,22-23H2,1-4H3,(H,40,44)/t24-,28+,30?/m0/s1. The molecule has 268 valence electrons. The molecule has 0 spiro atoms. The minimum Gasteiger partial charge on any atom is -0.507 e. The number of aliphatic hydroxyl groups is 1. The number of carbonyl (C=O) groups excluding carboxylic acids is 3. The van der Waals surface area contributed by atoms with Gasteiger partial charge in [0.15, 0.2) is 11.5 Å². The third kappa shape index (κ3) is 9.56. The molecule has 1 heterocycles. The summed E-state index contributed by atoms with van der Waals surface area (Å²) in [5.74, 6) is -2.24. The lowest BCUT2D eigenvalue weighted by atomic mass is 9.84. The second kappa shape index (κ2) is 18.1. The van der Waals surface area contributed by atoms with Crippen LogP contribution in [0.25, 0.3) is 6.08 Å². The average molecular weight is 690 g/mol. The van der Waals surface area contributed by atoms with E-state index in [9.17, 15) is 29.7 Å². The molecule has 11 nitrogen and oxygen atoms in total. The Balaban J connectivity index is 1.84. The SMILES string of the molecule is COc1cc(C(CC(=O)N[C@@H](CO)Cc2ccccc2)c2c(O)cc3c(c2O)C(=O)O[C@@H](C)CCCC(=O)CCCC=C3)cc(OC)c1OC. The Morgan fingerprint density at radius 1 is 0.980 bits per heavy atom. The molecule has 3 atom stereocenters. The quantitative estimate of drug-likeness (QED) is 0.180. The number of esters is 1. The molecule has 3 aromatic rings. The van der Waals surface area contributed by atoms with Crippen LogP contribution in [0.2, 0.25) is 0 Å². The summed E-state index contributed by atoms with van der Waals surface area (Å²) in [6.07, 6.45) is 5.91. The summed E-state index contributed by atoms with van der Waals surface area (Å²) in [7, 11) is 4.34. The lowest BCUT2D eigenvalue weighted by Crippen LogP contribution is -2.39. The first-order chi connectivity index (χ1) is 24.1. The highest BCUT2D eigenvalue weighted by Crippen LogP contribution is 2.47. The number of hydrogen-bond acceptors (Lipinski definition) is 10. The van der Waals surface area contributed by atoms with Crippen molar-refractivity contribution in [3.8, 4) is 28.7 Å². The van der Waals surface area contributed by atoms with Crippen LogP contribution in [-0.4, -0.2) is 73.1 Å². The van der Waals surface area contributed by atoms with E-state index in [1.807, 2.05) is 30.3 Å². The van der Waals surface area contributed by atoms with Crippen LogP contribution in [0.5, 0.6) is 28.7 Å². The lowest BCUT2D eigenvalue weighted by Gasteiger charge is -2.25. The first-order valence-electron chi connectivity index (χ1n) is 16.8. The number of cyclic esters (lactones) is 1. The number of rotatable bonds is 11. The van der Waals surface area contributed by atoms with E-state index in [-0.39, 0.29) is 52.7 Å². The number of aromatic hydroxyl groups is 2. The van der Waals surface area contributed by atoms with Gasteiger partial charge in [-0.3, -0.25) is 9.59 Å². The molecule has 0 aromatic heterocycles. The molecule has 1 aliphatic heterocycles. The van der Waals surface area contributed by atoms with Crippen LogP contribution < -0.4 is 19.5 Å². The maximum Gasteiger partial charge on any atom is 0.342 e. The largest absolute Gasteiger partial charge is 0.507 e. The Hall–Kier alpha value is -5.03. The number of phenols is 2. The summed E-state index contributed by atoms with van der Waals surface area (Å²) >= 11 is 0. The number of allylic oxidation sites excluding steroid dienone is 1. The molecule has 3 aromatic carbocycles. The van der Waals surface area contributed by atoms with Crippen molar-refractivity contribution in [2.75, 3.05) is 27.9 Å². The molecule has 4 rings (SSSR count). The van der Waals surface area contributed by atoms with E-state index in [1.54, 1.807) is 31.2 Å². The second-order valence-corrected chi connectivity index (χ2v) is 12.4. The van der Waals surface area contributed by atoms with Crippen LogP contribution in [-0.2, 0) is 20.7 Å². The fourth-order valence-corrected chi connectivity index (χ4v) is 6.24. The van der Waals surface area contributed by atoms with Crippen molar-refractivity contribution in [3.63, 3.8) is 0 Å². The van der Waals surface area contributed by atoms with E-state index >= 15 is 0 Å². The third-order valence-corrected chi connectivity index (χ3v) is 8.79. The highest BCUT2D eigenvalue weighted by atomic mass is 16.5. The Labute approximate surface area is 292 Å². The lowest BCUT2D eigenvalue weighted by molar-refractivity contribution is -0.122. The zero-order valence-corrected chi connectivity index (χ0v) is 29.1. The molecule has 0 fully saturated rings. The Morgan fingerprint density at radius 3 is 2.30 bits per heavy atom. The van der Waals surface area contributed by atoms with Gasteiger partial charge < -0.3 is 39.6 Å². The molecule has 50 heavy (non-hydrogen) atoms. The maximum absolute atomic E-state index is 13.7. The number of hydrogen-bond donors (Lipinski definition) is 4. The van der Waals surface area contributed by atoms with E-state index < -0.39 is 35.7 Å². The van der Waals surface area contributed by atoms with Crippen molar-refractivity contribution in [2.24, 2.45) is 0 Å². The topological polar surface area (TPSA) is 161 Å². The number of fused-ring (bicyclic) bond motifs is 1. The molecular formula is C39H47NO10. The highest BCUT2D eigenvalue weighted by Gasteiger charge is 2.32. The van der Waals surface area contributed by atoms with E-state index in [0.717, 1.165) is 5.56 Å². The molecule has 0 aliphatic carbocycles. The van der Waals surface area contributed by atoms with Gasteiger partial charge in [-0.15, -0.1) is 0 Å². The Morgan fingerprint density at radius 2 is 1.66 bits per heavy atom. The van der Waals surface area contributed by atoms with Gasteiger partial charge in [0.1, 0.15) is 22.8 Å². The highest BCUT2D eigenvalue weighted by molar-refractivity contribution is 5.98. The predicted molar refractivity (Wildman–Crippen MR) is 188 cm³/mol. The van der Waals surface area contributed by atoms with Crippen molar-refractivity contribution in [1.29, 1.82) is 0 Å². The Bertz CT molecular complexity index is 1640. The third-order valence-electron chi connectivity index (χ3n) is 8.79. The van der Waals surface area contributed by atoms with Gasteiger partial charge in [0.25, 0.3) is 0 Å². The molecule has 4 N–H and O–H groups in total. The fourth-order valence-electron chi connectivity index (χ4n) is 6.24. The normalized spacial score (nSPS) is 16.7. The van der Waals surface area contributed by atoms with Gasteiger partial charge in [0, 0.05) is 30.7 Å². The van der Waals surface area contributed by atoms with Crippen molar-refractivity contribution < 1.29 is 48.7 Å². The van der Waals surface area contributed by atoms with Crippen LogP contribution in [0.3, 0.4) is 0 Å². The van der Waals surface area contributed by atoms with Crippen LogP contribution in [0.15, 0.2) is 54.6 Å². The molecular weight excluding hydrogens is 642 g/mol. The summed E-state index contributed by atoms with van der Waals surface area (Å²) in [5.41, 5.74) is 1.31. The van der Waals surface area contributed by atoms with Crippen molar-refractivity contribution in [3.05, 3.63) is 82.4 Å². The van der Waals surface area contributed by atoms with Gasteiger partial charge in [-0.05, 0) is 73.9 Å². The minimum atomic E-state index is -1.04. The van der Waals surface area contributed by atoms with Crippen molar-refractivity contribution in [2.45, 2.75) is 76.4 Å². The zero-order valence-electron chi connectivity index (χ0n) is 29.1. The van der Waals surface area contributed by atoms with Gasteiger partial charge in [0.2, 0.25) is 11.7 Å². The fraction of sp³-hybridized carbons (Fsp3) is 0.410. The van der Waals surface area contributed by atoms with Gasteiger partial charge in [-0.1, -0.05) is 42.5 Å². The summed E-state index contributed by atoms with van der Waals surface area (Å²) in [5, 5.41) is 36.5.